The van der Waals surface area contributed by atoms with Gasteiger partial charge in [0.05, 0.1) is 23.8 Å². The van der Waals surface area contributed by atoms with Gasteiger partial charge in [0.25, 0.3) is 0 Å². The monoisotopic (exact) mass is 282 g/mol. The zero-order valence-electron chi connectivity index (χ0n) is 11.8. The van der Waals surface area contributed by atoms with Gasteiger partial charge >= 0.3 is 5.97 Å². The summed E-state index contributed by atoms with van der Waals surface area (Å²) < 4.78 is 10.5. The van der Waals surface area contributed by atoms with E-state index in [1.807, 2.05) is 6.07 Å². The van der Waals surface area contributed by atoms with Crippen LogP contribution in [-0.2, 0) is 9.53 Å². The number of rotatable bonds is 2. The van der Waals surface area contributed by atoms with Crippen LogP contribution in [0.15, 0.2) is 51.7 Å². The fourth-order valence-electron chi connectivity index (χ4n) is 2.40. The van der Waals surface area contributed by atoms with Gasteiger partial charge in [0.2, 0.25) is 5.43 Å². The van der Waals surface area contributed by atoms with Gasteiger partial charge in [-0.25, -0.2) is 0 Å². The van der Waals surface area contributed by atoms with Gasteiger partial charge in [-0.05, 0) is 36.8 Å². The standard InChI is InChI=1S/C17H14O4/c1-10(17(19)20-2)11-7-8-15-13(9-11)16(18)12-5-3-4-6-14(12)21-15/h3-10H,1-2H3. The molecule has 0 saturated heterocycles. The maximum atomic E-state index is 12.5. The van der Waals surface area contributed by atoms with Gasteiger partial charge in [0, 0.05) is 0 Å². The number of ether oxygens (including phenoxy) is 1. The second-order valence-electron chi connectivity index (χ2n) is 4.93. The summed E-state index contributed by atoms with van der Waals surface area (Å²) in [6, 6.07) is 12.3. The first-order chi connectivity index (χ1) is 10.1. The van der Waals surface area contributed by atoms with E-state index < -0.39 is 5.92 Å². The van der Waals surface area contributed by atoms with Crippen LogP contribution >= 0.6 is 0 Å². The quantitative estimate of drug-likeness (QED) is 0.535. The smallest absolute Gasteiger partial charge is 0.312 e. The molecule has 0 bridgehead atoms. The molecule has 0 amide bonds. The van der Waals surface area contributed by atoms with Crippen molar-refractivity contribution in [2.75, 3.05) is 7.11 Å². The lowest BCUT2D eigenvalue weighted by Crippen LogP contribution is -2.11. The highest BCUT2D eigenvalue weighted by molar-refractivity contribution is 5.90. The van der Waals surface area contributed by atoms with Crippen LogP contribution in [-0.4, -0.2) is 13.1 Å². The Morgan fingerprint density at radius 3 is 2.57 bits per heavy atom. The van der Waals surface area contributed by atoms with E-state index in [-0.39, 0.29) is 11.4 Å². The molecule has 3 rings (SSSR count). The Kier molecular flexibility index (Phi) is 3.22. The number of esters is 1. The van der Waals surface area contributed by atoms with E-state index in [1.54, 1.807) is 43.3 Å². The van der Waals surface area contributed by atoms with E-state index >= 15 is 0 Å². The van der Waals surface area contributed by atoms with Crippen LogP contribution < -0.4 is 5.43 Å². The summed E-state index contributed by atoms with van der Waals surface area (Å²) in [7, 11) is 1.35. The third-order valence-corrected chi connectivity index (χ3v) is 3.65. The van der Waals surface area contributed by atoms with Crippen molar-refractivity contribution in [3.8, 4) is 0 Å². The number of fused-ring (bicyclic) bond motifs is 2. The third-order valence-electron chi connectivity index (χ3n) is 3.65. The molecule has 3 aromatic rings. The van der Waals surface area contributed by atoms with Crippen molar-refractivity contribution in [1.82, 2.24) is 0 Å². The van der Waals surface area contributed by atoms with E-state index in [1.165, 1.54) is 7.11 Å². The maximum Gasteiger partial charge on any atom is 0.312 e. The number of benzene rings is 2. The van der Waals surface area contributed by atoms with E-state index in [4.69, 9.17) is 9.15 Å². The molecule has 0 aliphatic heterocycles. The molecule has 2 aromatic carbocycles. The first-order valence-electron chi connectivity index (χ1n) is 6.65. The number of carbonyl (C=O) groups is 1. The molecule has 106 valence electrons. The highest BCUT2D eigenvalue weighted by Gasteiger charge is 2.17. The van der Waals surface area contributed by atoms with Crippen molar-refractivity contribution in [2.45, 2.75) is 12.8 Å². The molecule has 1 heterocycles. The second kappa shape index (κ2) is 5.05. The van der Waals surface area contributed by atoms with E-state index in [0.29, 0.717) is 21.9 Å². The van der Waals surface area contributed by atoms with Crippen LogP contribution in [0.3, 0.4) is 0 Å². The average Bonchev–Trinajstić information content (AvgIpc) is 2.53. The molecule has 0 aliphatic rings. The number of hydrogen-bond acceptors (Lipinski definition) is 4. The summed E-state index contributed by atoms with van der Waals surface area (Å²) in [5, 5.41) is 1.01. The fraction of sp³-hybridized carbons (Fsp3) is 0.176. The van der Waals surface area contributed by atoms with E-state index in [2.05, 4.69) is 0 Å². The normalized spacial score (nSPS) is 12.5. The van der Waals surface area contributed by atoms with Crippen LogP contribution in [0.5, 0.6) is 0 Å². The summed E-state index contributed by atoms with van der Waals surface area (Å²) in [6.45, 7) is 1.75. The lowest BCUT2D eigenvalue weighted by Gasteiger charge is -2.10. The first kappa shape index (κ1) is 13.4. The van der Waals surface area contributed by atoms with E-state index in [9.17, 15) is 9.59 Å². The predicted octanol–water partition coefficient (Wildman–Crippen LogP) is 3.22. The molecule has 4 heteroatoms. The van der Waals surface area contributed by atoms with Crippen LogP contribution in [0.25, 0.3) is 21.9 Å². The van der Waals surface area contributed by atoms with Crippen LogP contribution in [0, 0.1) is 0 Å². The minimum Gasteiger partial charge on any atom is -0.469 e. The number of methoxy groups -OCH3 is 1. The minimum atomic E-state index is -0.426. The zero-order chi connectivity index (χ0) is 15.0. The van der Waals surface area contributed by atoms with Crippen molar-refractivity contribution in [3.63, 3.8) is 0 Å². The first-order valence-corrected chi connectivity index (χ1v) is 6.65. The van der Waals surface area contributed by atoms with Gasteiger partial charge in [-0.3, -0.25) is 9.59 Å². The van der Waals surface area contributed by atoms with Gasteiger partial charge in [-0.1, -0.05) is 18.2 Å². The molecule has 0 spiro atoms. The van der Waals surface area contributed by atoms with Crippen molar-refractivity contribution in [2.24, 2.45) is 0 Å². The summed E-state index contributed by atoms with van der Waals surface area (Å²) in [6.07, 6.45) is 0. The van der Waals surface area contributed by atoms with Crippen molar-refractivity contribution >= 4 is 27.9 Å². The summed E-state index contributed by atoms with van der Waals surface area (Å²) in [4.78, 5) is 24.1. The molecule has 0 saturated carbocycles. The average molecular weight is 282 g/mol. The predicted molar refractivity (Wildman–Crippen MR) is 80.4 cm³/mol. The number of carbonyl (C=O) groups excluding carboxylic acids is 1. The Bertz CT molecular complexity index is 892. The Hall–Kier alpha value is -2.62. The molecule has 4 nitrogen and oxygen atoms in total. The fourth-order valence-corrected chi connectivity index (χ4v) is 2.40. The molecule has 0 radical (unpaired) electrons. The topological polar surface area (TPSA) is 56.5 Å². The van der Waals surface area contributed by atoms with Crippen LogP contribution in [0.4, 0.5) is 0 Å². The number of para-hydroxylation sites is 1. The minimum absolute atomic E-state index is 0.0919. The van der Waals surface area contributed by atoms with Crippen molar-refractivity contribution in [3.05, 3.63) is 58.3 Å². The highest BCUT2D eigenvalue weighted by atomic mass is 16.5. The maximum absolute atomic E-state index is 12.5. The molecular formula is C17H14O4. The van der Waals surface area contributed by atoms with Gasteiger partial charge in [0.1, 0.15) is 11.2 Å². The molecule has 0 N–H and O–H groups in total. The Morgan fingerprint density at radius 1 is 1.10 bits per heavy atom. The molecule has 1 unspecified atom stereocenters. The second-order valence-corrected chi connectivity index (χ2v) is 4.93. The largest absolute Gasteiger partial charge is 0.469 e. The van der Waals surface area contributed by atoms with Crippen LogP contribution in [0.2, 0.25) is 0 Å². The zero-order valence-corrected chi connectivity index (χ0v) is 11.8. The molecule has 0 aliphatic carbocycles. The highest BCUT2D eigenvalue weighted by Crippen LogP contribution is 2.23. The Morgan fingerprint density at radius 2 is 1.81 bits per heavy atom. The van der Waals surface area contributed by atoms with Gasteiger partial charge in [-0.2, -0.15) is 0 Å². The van der Waals surface area contributed by atoms with Gasteiger partial charge in [0.15, 0.2) is 0 Å². The summed E-state index contributed by atoms with van der Waals surface area (Å²) >= 11 is 0. The molecule has 1 atom stereocenters. The molecule has 0 fully saturated rings. The van der Waals surface area contributed by atoms with Gasteiger partial charge < -0.3 is 9.15 Å². The van der Waals surface area contributed by atoms with Gasteiger partial charge in [-0.15, -0.1) is 0 Å². The SMILES string of the molecule is COC(=O)C(C)c1ccc2oc3ccccc3c(=O)c2c1. The van der Waals surface area contributed by atoms with Crippen molar-refractivity contribution < 1.29 is 13.9 Å². The number of hydrogen-bond donors (Lipinski definition) is 0. The van der Waals surface area contributed by atoms with Crippen LogP contribution in [0.1, 0.15) is 18.4 Å². The summed E-state index contributed by atoms with van der Waals surface area (Å²) in [5.74, 6) is -0.759. The Labute approximate surface area is 120 Å². The lowest BCUT2D eigenvalue weighted by atomic mass is 9.99. The third kappa shape index (κ3) is 2.18. The van der Waals surface area contributed by atoms with Crippen molar-refractivity contribution in [1.29, 1.82) is 0 Å². The lowest BCUT2D eigenvalue weighted by molar-refractivity contribution is -0.141. The molecular weight excluding hydrogens is 268 g/mol. The summed E-state index contributed by atoms with van der Waals surface area (Å²) in [5.41, 5.74) is 1.71. The molecule has 1 aromatic heterocycles. The molecule has 21 heavy (non-hydrogen) atoms. The Balaban J connectivity index is 2.26. The van der Waals surface area contributed by atoms with E-state index in [0.717, 1.165) is 5.56 Å².